The van der Waals surface area contributed by atoms with Crippen molar-refractivity contribution >= 4 is 17.6 Å². The van der Waals surface area contributed by atoms with E-state index in [1.807, 2.05) is 24.3 Å². The van der Waals surface area contributed by atoms with Crippen LogP contribution in [0.5, 0.6) is 11.8 Å². The van der Waals surface area contributed by atoms with E-state index in [2.05, 4.69) is 25.7 Å². The second kappa shape index (κ2) is 10.6. The summed E-state index contributed by atoms with van der Waals surface area (Å²) in [5, 5.41) is 24.0. The van der Waals surface area contributed by atoms with Gasteiger partial charge in [-0.25, -0.2) is 0 Å². The maximum Gasteiger partial charge on any atom is 0.341 e. The summed E-state index contributed by atoms with van der Waals surface area (Å²) in [5.41, 5.74) is 0.374. The van der Waals surface area contributed by atoms with E-state index in [4.69, 9.17) is 24.1 Å². The second-order valence-electron chi connectivity index (χ2n) is 10.4. The standard InChI is InChI=1S/C24H32N6O7/c1-24(2,12-20(32)33)11-19(31)25-17-13-35-22-18(14-36-21(17)22)30-23(26-27-28-30)37-16-5-3-4-15(10-16)29-6-8-34-9-7-29/h3-5,10,17-18,21-22H,6-9,11-14H2,1-2H3,(H,25,31)(H,32,33)/t17-,18-,21+,22+/m0/s1. The Hall–Kier alpha value is -3.29. The molecule has 2 aromatic rings. The quantitative estimate of drug-likeness (QED) is 0.492. The molecule has 0 unspecified atom stereocenters. The fourth-order valence-electron chi connectivity index (χ4n) is 5.11. The van der Waals surface area contributed by atoms with Crippen molar-refractivity contribution in [3.63, 3.8) is 0 Å². The van der Waals surface area contributed by atoms with Crippen molar-refractivity contribution in [1.29, 1.82) is 0 Å². The predicted octanol–water partition coefficient (Wildman–Crippen LogP) is 1.02. The first-order chi connectivity index (χ1) is 17.8. The Morgan fingerprint density at radius 3 is 2.73 bits per heavy atom. The van der Waals surface area contributed by atoms with Crippen LogP contribution in [0.25, 0.3) is 0 Å². The Morgan fingerprint density at radius 1 is 1.16 bits per heavy atom. The third-order valence-electron chi connectivity index (χ3n) is 6.82. The highest BCUT2D eigenvalue weighted by Crippen LogP contribution is 2.36. The van der Waals surface area contributed by atoms with Crippen LogP contribution in [0.1, 0.15) is 32.7 Å². The molecule has 1 aromatic heterocycles. The average molecular weight is 517 g/mol. The molecule has 4 heterocycles. The van der Waals surface area contributed by atoms with Gasteiger partial charge in [0.2, 0.25) is 5.91 Å². The number of carbonyl (C=O) groups is 2. The molecule has 13 heteroatoms. The molecule has 1 amide bonds. The van der Waals surface area contributed by atoms with E-state index in [0.717, 1.165) is 18.8 Å². The lowest BCUT2D eigenvalue weighted by Crippen LogP contribution is -2.45. The molecule has 0 spiro atoms. The third kappa shape index (κ3) is 5.84. The van der Waals surface area contributed by atoms with Gasteiger partial charge in [0.05, 0.1) is 38.9 Å². The molecule has 0 aliphatic carbocycles. The van der Waals surface area contributed by atoms with Crippen LogP contribution >= 0.6 is 0 Å². The molecule has 0 bridgehead atoms. The third-order valence-corrected chi connectivity index (χ3v) is 6.82. The van der Waals surface area contributed by atoms with Crippen LogP contribution in [0.4, 0.5) is 5.69 Å². The van der Waals surface area contributed by atoms with Crippen LogP contribution in [0.15, 0.2) is 24.3 Å². The van der Waals surface area contributed by atoms with Crippen molar-refractivity contribution in [3.05, 3.63) is 24.3 Å². The molecule has 0 radical (unpaired) electrons. The number of anilines is 1. The van der Waals surface area contributed by atoms with Crippen LogP contribution in [0.3, 0.4) is 0 Å². The molecule has 3 aliphatic heterocycles. The molecule has 5 rings (SSSR count). The number of nitrogens with zero attached hydrogens (tertiary/aromatic N) is 5. The Morgan fingerprint density at radius 2 is 1.95 bits per heavy atom. The number of tetrazole rings is 1. The molecule has 13 nitrogen and oxygen atoms in total. The molecular formula is C24H32N6O7. The predicted molar refractivity (Wildman–Crippen MR) is 128 cm³/mol. The van der Waals surface area contributed by atoms with Gasteiger partial charge in [0.25, 0.3) is 0 Å². The highest BCUT2D eigenvalue weighted by Gasteiger charge is 2.50. The van der Waals surface area contributed by atoms with Gasteiger partial charge in [-0.05, 0) is 28.0 Å². The van der Waals surface area contributed by atoms with Gasteiger partial charge in [0.15, 0.2) is 0 Å². The smallest absolute Gasteiger partial charge is 0.341 e. The van der Waals surface area contributed by atoms with Gasteiger partial charge in [0, 0.05) is 31.3 Å². The molecule has 200 valence electrons. The van der Waals surface area contributed by atoms with Gasteiger partial charge in [-0.3, -0.25) is 9.59 Å². The van der Waals surface area contributed by atoms with E-state index >= 15 is 0 Å². The minimum atomic E-state index is -0.934. The zero-order valence-corrected chi connectivity index (χ0v) is 20.9. The Bertz CT molecular complexity index is 1120. The number of fused-ring (bicyclic) bond motifs is 1. The zero-order valence-electron chi connectivity index (χ0n) is 20.9. The van der Waals surface area contributed by atoms with Crippen molar-refractivity contribution in [2.45, 2.75) is 51.0 Å². The van der Waals surface area contributed by atoms with Crippen molar-refractivity contribution in [2.75, 3.05) is 44.4 Å². The van der Waals surface area contributed by atoms with Gasteiger partial charge in [0.1, 0.15) is 24.0 Å². The zero-order chi connectivity index (χ0) is 26.0. The minimum Gasteiger partial charge on any atom is -0.481 e. The Labute approximate surface area is 214 Å². The van der Waals surface area contributed by atoms with Gasteiger partial charge in [-0.15, -0.1) is 0 Å². The summed E-state index contributed by atoms with van der Waals surface area (Å²) in [6.07, 6.45) is -0.754. The first kappa shape index (κ1) is 25.4. The molecule has 3 aliphatic rings. The fourth-order valence-corrected chi connectivity index (χ4v) is 5.11. The number of carboxylic acids is 1. The van der Waals surface area contributed by atoms with Crippen LogP contribution < -0.4 is 15.0 Å². The van der Waals surface area contributed by atoms with E-state index < -0.39 is 11.4 Å². The average Bonchev–Trinajstić information content (AvgIpc) is 3.56. The van der Waals surface area contributed by atoms with Gasteiger partial charge >= 0.3 is 12.0 Å². The summed E-state index contributed by atoms with van der Waals surface area (Å²) < 4.78 is 25.1. The number of hydrogen-bond donors (Lipinski definition) is 2. The lowest BCUT2D eigenvalue weighted by Gasteiger charge is -2.29. The van der Waals surface area contributed by atoms with Gasteiger partial charge < -0.3 is 34.3 Å². The van der Waals surface area contributed by atoms with E-state index in [-0.39, 0.29) is 55.7 Å². The van der Waals surface area contributed by atoms with E-state index in [9.17, 15) is 9.59 Å². The molecule has 3 saturated heterocycles. The highest BCUT2D eigenvalue weighted by atomic mass is 16.6. The maximum atomic E-state index is 12.6. The topological polar surface area (TPSA) is 150 Å². The SMILES string of the molecule is CC(C)(CC(=O)O)CC(=O)N[C@H]1CO[C@H]2[C@@H]1OC[C@@H]2n1nnnc1Oc1cccc(N2CCOCC2)c1. The number of nitrogens with one attached hydrogen (secondary N) is 1. The number of amides is 1. The largest absolute Gasteiger partial charge is 0.481 e. The van der Waals surface area contributed by atoms with Crippen molar-refractivity contribution < 1.29 is 33.6 Å². The second-order valence-corrected chi connectivity index (χ2v) is 10.4. The van der Waals surface area contributed by atoms with Gasteiger partial charge in [-0.2, -0.15) is 4.68 Å². The normalized spacial score (nSPS) is 25.6. The molecular weight excluding hydrogens is 484 g/mol. The molecule has 1 aromatic carbocycles. The monoisotopic (exact) mass is 516 g/mol. The number of hydrogen-bond acceptors (Lipinski definition) is 10. The van der Waals surface area contributed by atoms with E-state index in [1.54, 1.807) is 18.5 Å². The summed E-state index contributed by atoms with van der Waals surface area (Å²) in [6, 6.07) is 7.29. The number of rotatable bonds is 9. The van der Waals surface area contributed by atoms with Crippen LogP contribution in [0, 0.1) is 5.41 Å². The van der Waals surface area contributed by atoms with Crippen molar-refractivity contribution in [3.8, 4) is 11.8 Å². The van der Waals surface area contributed by atoms with E-state index in [0.29, 0.717) is 25.6 Å². The highest BCUT2D eigenvalue weighted by molar-refractivity contribution is 5.78. The number of ether oxygens (including phenoxy) is 4. The summed E-state index contributed by atoms with van der Waals surface area (Å²) in [5.74, 6) is -0.563. The van der Waals surface area contributed by atoms with Crippen LogP contribution in [-0.4, -0.2) is 95.0 Å². The summed E-state index contributed by atoms with van der Waals surface area (Å²) in [4.78, 5) is 25.9. The lowest BCUT2D eigenvalue weighted by atomic mass is 9.85. The summed E-state index contributed by atoms with van der Waals surface area (Å²) >= 11 is 0. The summed E-state index contributed by atoms with van der Waals surface area (Å²) in [6.45, 7) is 7.09. The van der Waals surface area contributed by atoms with Crippen LogP contribution in [-0.2, 0) is 23.8 Å². The summed E-state index contributed by atoms with van der Waals surface area (Å²) in [7, 11) is 0. The van der Waals surface area contributed by atoms with E-state index in [1.165, 1.54) is 0 Å². The fraction of sp³-hybridized carbons (Fsp3) is 0.625. The Kier molecular flexibility index (Phi) is 7.26. The lowest BCUT2D eigenvalue weighted by molar-refractivity contribution is -0.139. The molecule has 3 fully saturated rings. The molecule has 2 N–H and O–H groups in total. The number of carbonyl (C=O) groups excluding carboxylic acids is 1. The van der Waals surface area contributed by atoms with Gasteiger partial charge in [-0.1, -0.05) is 25.0 Å². The van der Waals surface area contributed by atoms with Crippen LogP contribution in [0.2, 0.25) is 0 Å². The maximum absolute atomic E-state index is 12.6. The first-order valence-electron chi connectivity index (χ1n) is 12.4. The molecule has 4 atom stereocenters. The Balaban J connectivity index is 1.22. The number of aliphatic carboxylic acids is 1. The number of benzene rings is 1. The number of morpholine rings is 1. The number of aromatic nitrogens is 4. The van der Waals surface area contributed by atoms with Crippen molar-refractivity contribution in [1.82, 2.24) is 25.5 Å². The first-order valence-corrected chi connectivity index (χ1v) is 12.4. The molecule has 0 saturated carbocycles. The molecule has 37 heavy (non-hydrogen) atoms. The number of carboxylic acid groups (broad SMARTS) is 1. The minimum absolute atomic E-state index is 0.0884. The van der Waals surface area contributed by atoms with Crippen molar-refractivity contribution in [2.24, 2.45) is 5.41 Å².